The Morgan fingerprint density at radius 2 is 0.622 bits per heavy atom. The quantitative estimate of drug-likeness (QED) is 0.0135. The van der Waals surface area contributed by atoms with Crippen molar-refractivity contribution in [2.75, 3.05) is 0 Å². The van der Waals surface area contributed by atoms with Gasteiger partial charge < -0.3 is 41.2 Å². The standard InChI is InChI=1S/C20H34O.2C19H31FO.C19H31NO2.2C19H30O2/c1-5-9-17(4)19-11-8-10-18(16-19)12-15-20(21,13-6-2)14-7-3;1-4-11-19(21,12-5-2)13-10-16-8-7-9-17(14-16)15-18(20)6-3;1-4-8-18(20)17-10-7-9-16(15-17)11-14-19(21,12-5-2)13-6-3;1-4-10-19(22,11-5-2)12-9-16-7-6-8-17(14-16)18(21)13-15(3)20;1-4-11-19(21,12-5-2)13-10-16-8-7-9-17(14-16)15-18(20)6-3;1-4-8-18(20)17-10-7-9-16(15-17)11-14-19(21,12-5-2)13-6-3/h8,10-11,16-17,21H,5-7,9,12-15H2,1-4H3;7-9,14,18,21H,4-6,10-13,15H2,1-3H3;7,9-10,15,18,21H,4-6,8,11-14H2,1-3H3;6-8,14,18,20-22H,4-5,9-13H2,1-3H3;7-9,14,21H,4-6,10-13,15H2,1-3H3;7,9-10,15,21H,4-6,8,11-14H2,1-3H3. The summed E-state index contributed by atoms with van der Waals surface area (Å²) >= 11 is 0. The van der Waals surface area contributed by atoms with Crippen molar-refractivity contribution in [2.45, 2.75) is 491 Å². The first-order valence-corrected chi connectivity index (χ1v) is 51.0. The number of aliphatic hydroxyl groups excluding tert-OH is 1. The van der Waals surface area contributed by atoms with Crippen LogP contribution in [-0.4, -0.2) is 92.8 Å². The van der Waals surface area contributed by atoms with E-state index in [0.29, 0.717) is 56.6 Å². The van der Waals surface area contributed by atoms with E-state index in [1.807, 2.05) is 119 Å². The predicted octanol–water partition coefficient (Wildman–Crippen LogP) is 30.7. The van der Waals surface area contributed by atoms with E-state index >= 15 is 0 Å². The first-order valence-electron chi connectivity index (χ1n) is 51.0. The SMILES string of the molecule is CCCC(=O)c1cccc(CCC(O)(CCC)CCC)c1.CCCC(C)c1cccc(CCC(O)(CCC)CCC)c1.CCCC(F)c1cccc(CCC(O)(CCC)CCC)c1.CCCC(O)(CCC)CCc1cccc(C(O)CC(C)=N)c1.CCCC(O)(CCC)CCc1cccc(CC(=O)CC)c1.CCCC(O)(CCC)CCc1cccc(CC(F)CC)c1. The molecule has 0 aromatic heterocycles. The number of halogens is 2. The molecular formula is C115H187F2NO9. The molecule has 4 atom stereocenters. The van der Waals surface area contributed by atoms with Crippen LogP contribution in [0.2, 0.25) is 0 Å². The molecule has 0 aliphatic rings. The fourth-order valence-electron chi connectivity index (χ4n) is 18.3. The number of alkyl halides is 2. The van der Waals surface area contributed by atoms with Crippen LogP contribution in [0, 0.1) is 5.41 Å². The van der Waals surface area contributed by atoms with Crippen molar-refractivity contribution in [1.29, 1.82) is 5.41 Å². The molecule has 0 spiro atoms. The van der Waals surface area contributed by atoms with Crippen LogP contribution >= 0.6 is 0 Å². The first kappa shape index (κ1) is 119. The summed E-state index contributed by atoms with van der Waals surface area (Å²) in [7, 11) is 0. The van der Waals surface area contributed by atoms with Crippen molar-refractivity contribution in [3.8, 4) is 0 Å². The highest BCUT2D eigenvalue weighted by molar-refractivity contribution is 5.96. The highest BCUT2D eigenvalue weighted by atomic mass is 19.1. The third kappa shape index (κ3) is 52.1. The summed E-state index contributed by atoms with van der Waals surface area (Å²) in [6.45, 7) is 39.6. The third-order valence-electron chi connectivity index (χ3n) is 25.2. The second kappa shape index (κ2) is 68.0. The summed E-state index contributed by atoms with van der Waals surface area (Å²) < 4.78 is 27.5. The topological polar surface area (TPSA) is 200 Å². The predicted molar refractivity (Wildman–Crippen MR) is 539 cm³/mol. The number of aliphatic hydroxyl groups is 7. The molecule has 8 N–H and O–H groups in total. The summed E-state index contributed by atoms with van der Waals surface area (Å²) in [6, 6.07) is 49.0. The average Bonchev–Trinajstić information content (AvgIpc) is 0.876. The number of rotatable bonds is 60. The monoisotopic (exact) mass is 1760 g/mol. The fraction of sp³-hybridized carbons (Fsp3) is 0.661. The lowest BCUT2D eigenvalue weighted by atomic mass is 9.86. The Morgan fingerprint density at radius 3 is 0.945 bits per heavy atom. The molecule has 0 aliphatic heterocycles. The van der Waals surface area contributed by atoms with Gasteiger partial charge in [-0.3, -0.25) is 9.59 Å². The van der Waals surface area contributed by atoms with E-state index in [2.05, 4.69) is 152 Å². The summed E-state index contributed by atoms with van der Waals surface area (Å²) in [6.07, 6.45) is 38.4. The maximum Gasteiger partial charge on any atom is 0.162 e. The molecule has 720 valence electrons. The minimum Gasteiger partial charge on any atom is -0.390 e. The molecule has 6 aromatic carbocycles. The summed E-state index contributed by atoms with van der Waals surface area (Å²) in [5.74, 6) is 1.14. The Balaban J connectivity index is 0.000000762. The zero-order valence-electron chi connectivity index (χ0n) is 84.1. The number of nitrogens with one attached hydrogen (secondary N) is 1. The number of hydrogen-bond acceptors (Lipinski definition) is 10. The van der Waals surface area contributed by atoms with Gasteiger partial charge in [0.25, 0.3) is 0 Å². The fourth-order valence-corrected chi connectivity index (χ4v) is 18.3. The number of Topliss-reactive ketones (excluding diaryl/α,β-unsaturated/α-hetero) is 2. The highest BCUT2D eigenvalue weighted by Gasteiger charge is 2.30. The van der Waals surface area contributed by atoms with Gasteiger partial charge in [0.05, 0.1) is 39.7 Å². The van der Waals surface area contributed by atoms with Crippen LogP contribution in [0.3, 0.4) is 0 Å². The molecule has 4 unspecified atom stereocenters. The van der Waals surface area contributed by atoms with Crippen molar-refractivity contribution < 1.29 is 54.1 Å². The van der Waals surface area contributed by atoms with Gasteiger partial charge in [-0.25, -0.2) is 8.78 Å². The van der Waals surface area contributed by atoms with Gasteiger partial charge in [-0.05, 0) is 260 Å². The van der Waals surface area contributed by atoms with E-state index in [0.717, 1.165) is 288 Å². The number of aryl methyl sites for hydroxylation is 6. The number of hydrogen-bond donors (Lipinski definition) is 8. The Labute approximate surface area is 775 Å². The normalized spacial score (nSPS) is 12.8. The van der Waals surface area contributed by atoms with Crippen LogP contribution in [0.4, 0.5) is 8.78 Å². The van der Waals surface area contributed by atoms with Crippen molar-refractivity contribution in [2.24, 2.45) is 0 Å². The number of ketones is 2. The lowest BCUT2D eigenvalue weighted by Crippen LogP contribution is -2.29. The van der Waals surface area contributed by atoms with E-state index < -0.39 is 52.1 Å². The van der Waals surface area contributed by atoms with Gasteiger partial charge in [-0.2, -0.15) is 0 Å². The van der Waals surface area contributed by atoms with Gasteiger partial charge in [-0.1, -0.05) is 354 Å². The average molecular weight is 1770 g/mol. The van der Waals surface area contributed by atoms with E-state index in [9.17, 15) is 54.1 Å². The number of benzene rings is 6. The molecular weight excluding hydrogens is 1580 g/mol. The van der Waals surface area contributed by atoms with Gasteiger partial charge in [0, 0.05) is 43.4 Å². The molecule has 0 heterocycles. The minimum atomic E-state index is -0.861. The van der Waals surface area contributed by atoms with E-state index in [-0.39, 0.29) is 11.6 Å². The van der Waals surface area contributed by atoms with Crippen molar-refractivity contribution in [3.05, 3.63) is 212 Å². The molecule has 0 amide bonds. The lowest BCUT2D eigenvalue weighted by Gasteiger charge is -2.27. The number of carbonyl (C=O) groups excluding carboxylic acids is 2. The molecule has 0 fully saturated rings. The maximum absolute atomic E-state index is 14.0. The van der Waals surface area contributed by atoms with Gasteiger partial charge in [0.2, 0.25) is 0 Å². The zero-order chi connectivity index (χ0) is 95.2. The minimum absolute atomic E-state index is 0.219. The highest BCUT2D eigenvalue weighted by Crippen LogP contribution is 2.34. The van der Waals surface area contributed by atoms with Crippen molar-refractivity contribution >= 4 is 17.3 Å². The number of carbonyl (C=O) groups is 2. The Kier molecular flexibility index (Phi) is 63.7. The van der Waals surface area contributed by atoms with Crippen LogP contribution in [-0.2, 0) is 56.2 Å². The Hall–Kier alpha value is -6.09. The molecule has 6 aromatic rings. The molecule has 0 aliphatic carbocycles. The summed E-state index contributed by atoms with van der Waals surface area (Å²) in [5.41, 5.74) is 10.6. The second-order valence-electron chi connectivity index (χ2n) is 37.8. The van der Waals surface area contributed by atoms with Crippen LogP contribution in [0.1, 0.15) is 472 Å². The molecule has 0 radical (unpaired) electrons. The van der Waals surface area contributed by atoms with Crippen LogP contribution < -0.4 is 0 Å². The molecule has 0 saturated heterocycles. The van der Waals surface area contributed by atoms with Crippen LogP contribution in [0.15, 0.2) is 146 Å². The first-order chi connectivity index (χ1) is 60.6. The molecule has 12 heteroatoms. The van der Waals surface area contributed by atoms with Gasteiger partial charge >= 0.3 is 0 Å². The molecule has 6 rings (SSSR count). The second-order valence-corrected chi connectivity index (χ2v) is 37.8. The lowest BCUT2D eigenvalue weighted by molar-refractivity contribution is -0.118. The van der Waals surface area contributed by atoms with Crippen LogP contribution in [0.5, 0.6) is 0 Å². The van der Waals surface area contributed by atoms with Crippen molar-refractivity contribution in [1.82, 2.24) is 0 Å². The molecule has 10 nitrogen and oxygen atoms in total. The Bertz CT molecular complexity index is 3700. The van der Waals surface area contributed by atoms with Gasteiger partial charge in [-0.15, -0.1) is 0 Å². The largest absolute Gasteiger partial charge is 0.390 e. The molecule has 0 bridgehead atoms. The maximum atomic E-state index is 14.0. The Morgan fingerprint density at radius 1 is 0.339 bits per heavy atom. The van der Waals surface area contributed by atoms with E-state index in [1.165, 1.54) is 35.1 Å². The van der Waals surface area contributed by atoms with E-state index in [1.54, 1.807) is 6.92 Å². The van der Waals surface area contributed by atoms with Crippen LogP contribution in [0.25, 0.3) is 0 Å². The summed E-state index contributed by atoms with van der Waals surface area (Å²) in [5, 5.41) is 81.7. The zero-order valence-corrected chi connectivity index (χ0v) is 84.1. The van der Waals surface area contributed by atoms with E-state index in [4.69, 9.17) is 5.41 Å². The summed E-state index contributed by atoms with van der Waals surface area (Å²) in [4.78, 5) is 23.5. The molecule has 127 heavy (non-hydrogen) atoms. The third-order valence-corrected chi connectivity index (χ3v) is 25.2. The van der Waals surface area contributed by atoms with Gasteiger partial charge in [0.1, 0.15) is 18.1 Å². The smallest absolute Gasteiger partial charge is 0.162 e. The van der Waals surface area contributed by atoms with Gasteiger partial charge in [0.15, 0.2) is 5.78 Å². The molecule has 0 saturated carbocycles. The van der Waals surface area contributed by atoms with Crippen molar-refractivity contribution in [3.63, 3.8) is 0 Å².